The van der Waals surface area contributed by atoms with Gasteiger partial charge in [0.2, 0.25) is 5.91 Å². The molecule has 0 aliphatic rings. The maximum Gasteiger partial charge on any atom is 0.269 e. The molecule has 0 radical (unpaired) electrons. The van der Waals surface area contributed by atoms with Crippen LogP contribution in [0, 0.1) is 10.1 Å². The number of carbonyl (C=O) groups is 1. The van der Waals surface area contributed by atoms with Crippen molar-refractivity contribution in [1.82, 2.24) is 5.32 Å². The number of aliphatic hydroxyl groups is 2. The van der Waals surface area contributed by atoms with Crippen LogP contribution in [0.1, 0.15) is 17.2 Å². The summed E-state index contributed by atoms with van der Waals surface area (Å²) < 4.78 is 5.07. The van der Waals surface area contributed by atoms with E-state index in [4.69, 9.17) is 10.5 Å². The van der Waals surface area contributed by atoms with Crippen molar-refractivity contribution in [2.24, 2.45) is 5.73 Å². The number of amides is 1. The zero-order valence-corrected chi connectivity index (χ0v) is 15.3. The highest BCUT2D eigenvalue weighted by molar-refractivity contribution is 5.82. The molecule has 28 heavy (non-hydrogen) atoms. The molecule has 0 aliphatic carbocycles. The first-order valence-electron chi connectivity index (χ1n) is 8.58. The number of ether oxygens (including phenoxy) is 1. The number of nitrogens with two attached hydrogens (primary N) is 1. The van der Waals surface area contributed by atoms with Crippen LogP contribution in [0.3, 0.4) is 0 Å². The molecular weight excluding hydrogens is 366 g/mol. The van der Waals surface area contributed by atoms with E-state index in [1.165, 1.54) is 24.3 Å². The minimum Gasteiger partial charge on any atom is -0.497 e. The third-order valence-corrected chi connectivity index (χ3v) is 4.30. The van der Waals surface area contributed by atoms with Crippen molar-refractivity contribution in [1.29, 1.82) is 0 Å². The number of benzene rings is 2. The van der Waals surface area contributed by atoms with Crippen LogP contribution in [-0.4, -0.2) is 46.8 Å². The van der Waals surface area contributed by atoms with E-state index < -0.39 is 35.6 Å². The number of rotatable bonds is 9. The fourth-order valence-corrected chi connectivity index (χ4v) is 2.65. The maximum atomic E-state index is 12.3. The Hall–Kier alpha value is -3.01. The normalized spacial score (nSPS) is 14.0. The van der Waals surface area contributed by atoms with Crippen molar-refractivity contribution in [2.45, 2.75) is 24.6 Å². The lowest BCUT2D eigenvalue weighted by molar-refractivity contribution is -0.384. The van der Waals surface area contributed by atoms with Crippen LogP contribution in [0.2, 0.25) is 0 Å². The van der Waals surface area contributed by atoms with Crippen LogP contribution < -0.4 is 15.8 Å². The summed E-state index contributed by atoms with van der Waals surface area (Å²) in [7, 11) is 1.56. The Balaban J connectivity index is 1.99. The van der Waals surface area contributed by atoms with Crippen LogP contribution in [0.4, 0.5) is 5.69 Å². The van der Waals surface area contributed by atoms with Gasteiger partial charge in [0.25, 0.3) is 5.69 Å². The number of nitro groups is 1. The largest absolute Gasteiger partial charge is 0.497 e. The van der Waals surface area contributed by atoms with Gasteiger partial charge in [0.1, 0.15) is 11.9 Å². The molecule has 2 aromatic rings. The van der Waals surface area contributed by atoms with Crippen LogP contribution in [-0.2, 0) is 11.2 Å². The van der Waals surface area contributed by atoms with E-state index in [-0.39, 0.29) is 12.1 Å². The average Bonchev–Trinajstić information content (AvgIpc) is 2.71. The fourth-order valence-electron chi connectivity index (χ4n) is 2.65. The molecule has 9 heteroatoms. The molecule has 150 valence electrons. The molecule has 0 spiro atoms. The van der Waals surface area contributed by atoms with Crippen molar-refractivity contribution in [3.8, 4) is 5.75 Å². The molecule has 0 aromatic heterocycles. The van der Waals surface area contributed by atoms with Gasteiger partial charge < -0.3 is 26.0 Å². The summed E-state index contributed by atoms with van der Waals surface area (Å²) in [5, 5.41) is 33.2. The smallest absolute Gasteiger partial charge is 0.269 e. The van der Waals surface area contributed by atoms with Crippen LogP contribution in [0.15, 0.2) is 48.5 Å². The highest BCUT2D eigenvalue weighted by Gasteiger charge is 2.25. The molecule has 3 atom stereocenters. The highest BCUT2D eigenvalue weighted by Crippen LogP contribution is 2.20. The first kappa shape index (κ1) is 21.3. The van der Waals surface area contributed by atoms with E-state index in [1.54, 1.807) is 31.4 Å². The predicted molar refractivity (Wildman–Crippen MR) is 102 cm³/mol. The number of methoxy groups -OCH3 is 1. The number of hydrogen-bond donors (Lipinski definition) is 4. The lowest BCUT2D eigenvalue weighted by Gasteiger charge is -2.24. The van der Waals surface area contributed by atoms with Gasteiger partial charge in [-0.3, -0.25) is 14.9 Å². The molecule has 5 N–H and O–H groups in total. The number of hydrogen-bond acceptors (Lipinski definition) is 7. The molecule has 0 bridgehead atoms. The Morgan fingerprint density at radius 2 is 1.82 bits per heavy atom. The van der Waals surface area contributed by atoms with Gasteiger partial charge in [0, 0.05) is 12.1 Å². The second-order valence-corrected chi connectivity index (χ2v) is 6.25. The second kappa shape index (κ2) is 9.79. The summed E-state index contributed by atoms with van der Waals surface area (Å²) in [5.41, 5.74) is 6.97. The minimum absolute atomic E-state index is 0.123. The van der Waals surface area contributed by atoms with E-state index in [0.717, 1.165) is 5.56 Å². The highest BCUT2D eigenvalue weighted by atomic mass is 16.6. The zero-order chi connectivity index (χ0) is 20.7. The Labute approximate surface area is 161 Å². The zero-order valence-electron chi connectivity index (χ0n) is 15.3. The third-order valence-electron chi connectivity index (χ3n) is 4.30. The molecule has 1 amide bonds. The molecule has 2 rings (SSSR count). The van der Waals surface area contributed by atoms with E-state index in [9.17, 15) is 25.1 Å². The fraction of sp³-hybridized carbons (Fsp3) is 0.316. The summed E-state index contributed by atoms with van der Waals surface area (Å²) in [4.78, 5) is 22.5. The topological polar surface area (TPSA) is 148 Å². The predicted octanol–water partition coefficient (Wildman–Crippen LogP) is 0.684. The number of non-ortho nitro benzene ring substituents is 1. The Bertz CT molecular complexity index is 794. The van der Waals surface area contributed by atoms with Crippen molar-refractivity contribution < 1.29 is 24.7 Å². The monoisotopic (exact) mass is 389 g/mol. The number of carbonyl (C=O) groups excluding carboxylic acids is 1. The van der Waals surface area contributed by atoms with Gasteiger partial charge in [-0.1, -0.05) is 12.1 Å². The van der Waals surface area contributed by atoms with Gasteiger partial charge in [-0.2, -0.15) is 0 Å². The van der Waals surface area contributed by atoms with Gasteiger partial charge in [-0.25, -0.2) is 0 Å². The van der Waals surface area contributed by atoms with E-state index in [2.05, 4.69) is 5.32 Å². The van der Waals surface area contributed by atoms with Crippen molar-refractivity contribution >= 4 is 11.6 Å². The standard InChI is InChI=1S/C19H23N3O6/c1-28-15-8-2-12(3-9-15)10-16(20)19(25)21-17(11-23)18(24)13-4-6-14(7-5-13)22(26)27/h2-9,16-18,23-24H,10-11,20H2,1H3,(H,21,25)/t16-,17+,18+/m0/s1. The van der Waals surface area contributed by atoms with E-state index in [1.807, 2.05) is 0 Å². The van der Waals surface area contributed by atoms with Gasteiger partial charge in [0.05, 0.1) is 30.7 Å². The van der Waals surface area contributed by atoms with Gasteiger partial charge in [0.15, 0.2) is 0 Å². The molecule has 0 aliphatic heterocycles. The average molecular weight is 389 g/mol. The Kier molecular flexibility index (Phi) is 7.44. The number of nitrogens with one attached hydrogen (secondary N) is 1. The molecule has 9 nitrogen and oxygen atoms in total. The van der Waals surface area contributed by atoms with E-state index in [0.29, 0.717) is 11.3 Å². The molecule has 0 fully saturated rings. The van der Waals surface area contributed by atoms with Crippen molar-refractivity contribution in [2.75, 3.05) is 13.7 Å². The van der Waals surface area contributed by atoms with Crippen LogP contribution >= 0.6 is 0 Å². The van der Waals surface area contributed by atoms with Crippen molar-refractivity contribution in [3.05, 3.63) is 69.8 Å². The summed E-state index contributed by atoms with van der Waals surface area (Å²) >= 11 is 0. The number of nitro benzene ring substituents is 1. The minimum atomic E-state index is -1.25. The Morgan fingerprint density at radius 3 is 2.32 bits per heavy atom. The molecule has 2 aromatic carbocycles. The van der Waals surface area contributed by atoms with Crippen molar-refractivity contribution in [3.63, 3.8) is 0 Å². The molecule has 0 heterocycles. The lowest BCUT2D eigenvalue weighted by Crippen LogP contribution is -2.49. The molecule has 0 saturated heterocycles. The van der Waals surface area contributed by atoms with Gasteiger partial charge >= 0.3 is 0 Å². The summed E-state index contributed by atoms with van der Waals surface area (Å²) in [6.07, 6.45) is -0.982. The summed E-state index contributed by atoms with van der Waals surface area (Å²) in [6, 6.07) is 10.4. The maximum absolute atomic E-state index is 12.3. The van der Waals surface area contributed by atoms with E-state index >= 15 is 0 Å². The lowest BCUT2D eigenvalue weighted by atomic mass is 10.0. The summed E-state index contributed by atoms with van der Waals surface area (Å²) in [6.45, 7) is -0.529. The summed E-state index contributed by atoms with van der Waals surface area (Å²) in [5.74, 6) is 0.157. The van der Waals surface area contributed by atoms with Gasteiger partial charge in [-0.15, -0.1) is 0 Å². The van der Waals surface area contributed by atoms with Gasteiger partial charge in [-0.05, 0) is 41.8 Å². The first-order chi connectivity index (χ1) is 13.3. The first-order valence-corrected chi connectivity index (χ1v) is 8.58. The third kappa shape index (κ3) is 5.49. The SMILES string of the molecule is COc1ccc(C[C@H](N)C(=O)N[C@H](CO)[C@H](O)c2ccc([N+](=O)[O-])cc2)cc1. The second-order valence-electron chi connectivity index (χ2n) is 6.25. The molecule has 0 unspecified atom stereocenters. The number of aliphatic hydroxyl groups excluding tert-OH is 2. The molecule has 0 saturated carbocycles. The van der Waals surface area contributed by atoms with Crippen LogP contribution in [0.5, 0.6) is 5.75 Å². The number of nitrogens with zero attached hydrogens (tertiary/aromatic N) is 1. The quantitative estimate of drug-likeness (QED) is 0.364. The molecular formula is C19H23N3O6. The Morgan fingerprint density at radius 1 is 1.21 bits per heavy atom. The van der Waals surface area contributed by atoms with Crippen LogP contribution in [0.25, 0.3) is 0 Å².